The summed E-state index contributed by atoms with van der Waals surface area (Å²) >= 11 is 5.80. The molecule has 1 aliphatic heterocycles. The van der Waals surface area contributed by atoms with E-state index >= 15 is 0 Å². The van der Waals surface area contributed by atoms with Gasteiger partial charge in [-0.3, -0.25) is 4.79 Å². The van der Waals surface area contributed by atoms with Crippen LogP contribution in [0, 0.1) is 5.92 Å². The predicted molar refractivity (Wildman–Crippen MR) is 71.5 cm³/mol. The maximum absolute atomic E-state index is 11.8. The molecule has 0 bridgehead atoms. The van der Waals surface area contributed by atoms with Crippen molar-refractivity contribution in [2.24, 2.45) is 5.92 Å². The minimum absolute atomic E-state index is 0.122. The van der Waals surface area contributed by atoms with E-state index in [1.54, 1.807) is 0 Å². The van der Waals surface area contributed by atoms with Gasteiger partial charge in [-0.25, -0.2) is 0 Å². The van der Waals surface area contributed by atoms with Gasteiger partial charge in [-0.1, -0.05) is 23.7 Å². The standard InChI is InChI=1S/C14H18ClNO2/c15-13-3-1-12(2-4-13)10-16-14(17)9-11-5-7-18-8-6-11/h1-4,11H,5-10H2,(H,16,17). The van der Waals surface area contributed by atoms with E-state index in [2.05, 4.69) is 5.32 Å². The summed E-state index contributed by atoms with van der Waals surface area (Å²) in [5.74, 6) is 0.598. The Morgan fingerprint density at radius 2 is 1.94 bits per heavy atom. The van der Waals surface area contributed by atoms with E-state index in [4.69, 9.17) is 16.3 Å². The Labute approximate surface area is 112 Å². The average molecular weight is 268 g/mol. The van der Waals surface area contributed by atoms with Gasteiger partial charge >= 0.3 is 0 Å². The monoisotopic (exact) mass is 267 g/mol. The van der Waals surface area contributed by atoms with Crippen LogP contribution < -0.4 is 5.32 Å². The second-order valence-electron chi connectivity index (χ2n) is 4.66. The Balaban J connectivity index is 1.72. The molecule has 2 rings (SSSR count). The molecule has 0 saturated carbocycles. The van der Waals surface area contributed by atoms with Gasteiger partial charge in [0.15, 0.2) is 0 Å². The minimum Gasteiger partial charge on any atom is -0.381 e. The van der Waals surface area contributed by atoms with Gasteiger partial charge in [-0.2, -0.15) is 0 Å². The lowest BCUT2D eigenvalue weighted by Gasteiger charge is -2.21. The molecule has 0 unspecified atom stereocenters. The van der Waals surface area contributed by atoms with Crippen molar-refractivity contribution < 1.29 is 9.53 Å². The number of amides is 1. The summed E-state index contributed by atoms with van der Waals surface area (Å²) < 4.78 is 5.28. The first-order valence-electron chi connectivity index (χ1n) is 6.33. The summed E-state index contributed by atoms with van der Waals surface area (Å²) in [5.41, 5.74) is 1.07. The molecule has 0 spiro atoms. The van der Waals surface area contributed by atoms with Crippen LogP contribution in [0.4, 0.5) is 0 Å². The van der Waals surface area contributed by atoms with E-state index in [1.807, 2.05) is 24.3 Å². The van der Waals surface area contributed by atoms with E-state index in [-0.39, 0.29) is 5.91 Å². The van der Waals surface area contributed by atoms with Gasteiger partial charge in [0.25, 0.3) is 0 Å². The van der Waals surface area contributed by atoms with Gasteiger partial charge in [-0.15, -0.1) is 0 Å². The fraction of sp³-hybridized carbons (Fsp3) is 0.500. The first-order chi connectivity index (χ1) is 8.74. The fourth-order valence-corrected chi connectivity index (χ4v) is 2.21. The number of hydrogen-bond acceptors (Lipinski definition) is 2. The highest BCUT2D eigenvalue weighted by Gasteiger charge is 2.16. The lowest BCUT2D eigenvalue weighted by atomic mass is 9.96. The lowest BCUT2D eigenvalue weighted by Crippen LogP contribution is -2.27. The van der Waals surface area contributed by atoms with Crippen molar-refractivity contribution in [3.8, 4) is 0 Å². The van der Waals surface area contributed by atoms with Crippen LogP contribution in [0.3, 0.4) is 0 Å². The van der Waals surface area contributed by atoms with Crippen LogP contribution in [0.2, 0.25) is 5.02 Å². The zero-order chi connectivity index (χ0) is 12.8. The Bertz CT molecular complexity index is 385. The van der Waals surface area contributed by atoms with E-state index in [0.717, 1.165) is 31.6 Å². The maximum Gasteiger partial charge on any atom is 0.220 e. The molecule has 3 nitrogen and oxygen atoms in total. The summed E-state index contributed by atoms with van der Waals surface area (Å²) in [6.45, 7) is 2.14. The van der Waals surface area contributed by atoms with Gasteiger partial charge in [0, 0.05) is 31.2 Å². The van der Waals surface area contributed by atoms with E-state index < -0.39 is 0 Å². The van der Waals surface area contributed by atoms with Crippen LogP contribution in [-0.2, 0) is 16.1 Å². The smallest absolute Gasteiger partial charge is 0.220 e. The third-order valence-corrected chi connectivity index (χ3v) is 3.47. The first-order valence-corrected chi connectivity index (χ1v) is 6.71. The van der Waals surface area contributed by atoms with Gasteiger partial charge in [0.2, 0.25) is 5.91 Å². The van der Waals surface area contributed by atoms with Crippen molar-refractivity contribution in [2.45, 2.75) is 25.8 Å². The van der Waals surface area contributed by atoms with E-state index in [1.165, 1.54) is 0 Å². The highest BCUT2D eigenvalue weighted by Crippen LogP contribution is 2.18. The van der Waals surface area contributed by atoms with Crippen molar-refractivity contribution in [1.29, 1.82) is 0 Å². The van der Waals surface area contributed by atoms with Gasteiger partial charge in [0.1, 0.15) is 0 Å². The molecule has 1 amide bonds. The molecule has 0 aliphatic carbocycles. The fourth-order valence-electron chi connectivity index (χ4n) is 2.09. The lowest BCUT2D eigenvalue weighted by molar-refractivity contribution is -0.122. The van der Waals surface area contributed by atoms with Crippen molar-refractivity contribution in [2.75, 3.05) is 13.2 Å². The molecule has 1 heterocycles. The normalized spacial score (nSPS) is 16.5. The van der Waals surface area contributed by atoms with Gasteiger partial charge in [-0.05, 0) is 36.5 Å². The second kappa shape index (κ2) is 6.76. The van der Waals surface area contributed by atoms with Crippen LogP contribution in [-0.4, -0.2) is 19.1 Å². The van der Waals surface area contributed by atoms with E-state index in [0.29, 0.717) is 23.9 Å². The summed E-state index contributed by atoms with van der Waals surface area (Å²) in [4.78, 5) is 11.8. The van der Waals surface area contributed by atoms with Gasteiger partial charge < -0.3 is 10.1 Å². The molecule has 1 fully saturated rings. The molecule has 1 saturated heterocycles. The number of halogens is 1. The van der Waals surface area contributed by atoms with Crippen molar-refractivity contribution in [3.05, 3.63) is 34.9 Å². The molecule has 1 aliphatic rings. The SMILES string of the molecule is O=C(CC1CCOCC1)NCc1ccc(Cl)cc1. The Hall–Kier alpha value is -1.06. The summed E-state index contributed by atoms with van der Waals surface area (Å²) in [6.07, 6.45) is 2.60. The molecular weight excluding hydrogens is 250 g/mol. The third-order valence-electron chi connectivity index (χ3n) is 3.22. The van der Waals surface area contributed by atoms with Crippen LogP contribution >= 0.6 is 11.6 Å². The van der Waals surface area contributed by atoms with Crippen LogP contribution in [0.5, 0.6) is 0 Å². The third kappa shape index (κ3) is 4.31. The number of carbonyl (C=O) groups excluding carboxylic acids is 1. The molecule has 0 aromatic heterocycles. The number of carbonyl (C=O) groups is 1. The zero-order valence-corrected chi connectivity index (χ0v) is 11.1. The molecule has 0 atom stereocenters. The van der Waals surface area contributed by atoms with Gasteiger partial charge in [0.05, 0.1) is 0 Å². The average Bonchev–Trinajstić information content (AvgIpc) is 2.39. The van der Waals surface area contributed by atoms with E-state index in [9.17, 15) is 4.79 Å². The molecule has 4 heteroatoms. The van der Waals surface area contributed by atoms with Crippen molar-refractivity contribution in [1.82, 2.24) is 5.32 Å². The molecular formula is C14H18ClNO2. The number of hydrogen-bond donors (Lipinski definition) is 1. The summed E-state index contributed by atoms with van der Waals surface area (Å²) in [7, 11) is 0. The Kier molecular flexibility index (Phi) is 5.02. The number of benzene rings is 1. The number of rotatable bonds is 4. The van der Waals surface area contributed by atoms with Crippen molar-refractivity contribution >= 4 is 17.5 Å². The predicted octanol–water partition coefficient (Wildman–Crippen LogP) is 2.77. The molecule has 1 aromatic rings. The molecule has 18 heavy (non-hydrogen) atoms. The Morgan fingerprint density at radius 1 is 1.28 bits per heavy atom. The maximum atomic E-state index is 11.8. The largest absolute Gasteiger partial charge is 0.381 e. The number of ether oxygens (including phenoxy) is 1. The number of nitrogens with one attached hydrogen (secondary N) is 1. The van der Waals surface area contributed by atoms with Crippen LogP contribution in [0.25, 0.3) is 0 Å². The quantitative estimate of drug-likeness (QED) is 0.911. The highest BCUT2D eigenvalue weighted by atomic mass is 35.5. The van der Waals surface area contributed by atoms with Crippen LogP contribution in [0.15, 0.2) is 24.3 Å². The summed E-state index contributed by atoms with van der Waals surface area (Å²) in [6, 6.07) is 7.52. The zero-order valence-electron chi connectivity index (χ0n) is 10.3. The molecule has 1 aromatic carbocycles. The Morgan fingerprint density at radius 3 is 2.61 bits per heavy atom. The van der Waals surface area contributed by atoms with Crippen LogP contribution in [0.1, 0.15) is 24.8 Å². The molecule has 1 N–H and O–H groups in total. The molecule has 98 valence electrons. The second-order valence-corrected chi connectivity index (χ2v) is 5.10. The first kappa shape index (κ1) is 13.4. The molecule has 0 radical (unpaired) electrons. The highest BCUT2D eigenvalue weighted by molar-refractivity contribution is 6.30. The summed E-state index contributed by atoms with van der Waals surface area (Å²) in [5, 5.41) is 3.66. The van der Waals surface area contributed by atoms with Crippen molar-refractivity contribution in [3.63, 3.8) is 0 Å². The minimum atomic E-state index is 0.122. The topological polar surface area (TPSA) is 38.3 Å².